The van der Waals surface area contributed by atoms with Gasteiger partial charge in [0.15, 0.2) is 5.78 Å². The summed E-state index contributed by atoms with van der Waals surface area (Å²) in [4.78, 5) is 12.4. The summed E-state index contributed by atoms with van der Waals surface area (Å²) in [5, 5.41) is 28.9. The molecular formula is C15H13BO6. The van der Waals surface area contributed by atoms with Crippen LogP contribution in [0.4, 0.5) is 0 Å². The van der Waals surface area contributed by atoms with Crippen molar-refractivity contribution in [2.24, 2.45) is 0 Å². The quantitative estimate of drug-likeness (QED) is 0.572. The number of benzene rings is 2. The van der Waals surface area contributed by atoms with Crippen molar-refractivity contribution < 1.29 is 29.4 Å². The minimum Gasteiger partial charge on any atom is -0.508 e. The molecule has 0 atom stereocenters. The fourth-order valence-corrected chi connectivity index (χ4v) is 2.32. The number of carbonyl (C=O) groups is 1. The molecule has 2 aromatic rings. The summed E-state index contributed by atoms with van der Waals surface area (Å²) in [6.45, 7) is 0.962. The summed E-state index contributed by atoms with van der Waals surface area (Å²) in [7, 11) is -0.542. The van der Waals surface area contributed by atoms with Gasteiger partial charge in [0.05, 0.1) is 18.8 Å². The second kappa shape index (κ2) is 5.71. The Hall–Kier alpha value is -2.51. The monoisotopic (exact) mass is 300 g/mol. The number of aromatic hydroxyl groups is 3. The smallest absolute Gasteiger partial charge is 0.494 e. The van der Waals surface area contributed by atoms with Crippen LogP contribution in [0.3, 0.4) is 0 Å². The van der Waals surface area contributed by atoms with Gasteiger partial charge in [-0.15, -0.1) is 0 Å². The SMILES string of the molecule is O=C(c1cc(O)cc(O)c1)c1ccc(B2OCCO2)cc1O. The van der Waals surface area contributed by atoms with Gasteiger partial charge in [0.1, 0.15) is 17.2 Å². The highest BCUT2D eigenvalue weighted by Gasteiger charge is 2.27. The number of hydrogen-bond donors (Lipinski definition) is 3. The van der Waals surface area contributed by atoms with Crippen molar-refractivity contribution in [3.8, 4) is 17.2 Å². The van der Waals surface area contributed by atoms with Crippen molar-refractivity contribution in [3.05, 3.63) is 47.5 Å². The van der Waals surface area contributed by atoms with Crippen molar-refractivity contribution in [2.45, 2.75) is 0 Å². The van der Waals surface area contributed by atoms with Gasteiger partial charge in [-0.1, -0.05) is 6.07 Å². The number of phenols is 3. The molecule has 3 rings (SSSR count). The summed E-state index contributed by atoms with van der Waals surface area (Å²) in [6, 6.07) is 8.06. The van der Waals surface area contributed by atoms with E-state index in [2.05, 4.69) is 0 Å². The molecular weight excluding hydrogens is 287 g/mol. The van der Waals surface area contributed by atoms with Gasteiger partial charge in [0, 0.05) is 11.6 Å². The zero-order valence-electron chi connectivity index (χ0n) is 11.5. The van der Waals surface area contributed by atoms with E-state index in [4.69, 9.17) is 9.31 Å². The van der Waals surface area contributed by atoms with E-state index in [0.29, 0.717) is 18.7 Å². The maximum atomic E-state index is 12.4. The van der Waals surface area contributed by atoms with Crippen LogP contribution in [0.5, 0.6) is 17.2 Å². The summed E-state index contributed by atoms with van der Waals surface area (Å²) in [5.41, 5.74) is 0.756. The van der Waals surface area contributed by atoms with E-state index in [1.54, 1.807) is 6.07 Å². The van der Waals surface area contributed by atoms with Crippen LogP contribution >= 0.6 is 0 Å². The molecule has 1 aliphatic rings. The molecule has 0 amide bonds. The van der Waals surface area contributed by atoms with E-state index in [-0.39, 0.29) is 28.4 Å². The van der Waals surface area contributed by atoms with Crippen molar-refractivity contribution in [2.75, 3.05) is 13.2 Å². The maximum absolute atomic E-state index is 12.4. The number of carbonyl (C=O) groups excluding carboxylic acids is 1. The molecule has 0 saturated carbocycles. The molecule has 2 aromatic carbocycles. The van der Waals surface area contributed by atoms with E-state index < -0.39 is 12.9 Å². The molecule has 0 bridgehead atoms. The summed E-state index contributed by atoms with van der Waals surface area (Å²) < 4.78 is 10.7. The number of ketones is 1. The van der Waals surface area contributed by atoms with Crippen LogP contribution in [0, 0.1) is 0 Å². The van der Waals surface area contributed by atoms with Gasteiger partial charge < -0.3 is 24.6 Å². The minimum absolute atomic E-state index is 0.0618. The van der Waals surface area contributed by atoms with Crippen LogP contribution in [0.2, 0.25) is 0 Å². The molecule has 0 radical (unpaired) electrons. The molecule has 112 valence electrons. The Morgan fingerprint density at radius 1 is 0.955 bits per heavy atom. The average molecular weight is 300 g/mol. The molecule has 22 heavy (non-hydrogen) atoms. The third kappa shape index (κ3) is 2.76. The lowest BCUT2D eigenvalue weighted by molar-refractivity contribution is 0.103. The Labute approximate surface area is 126 Å². The van der Waals surface area contributed by atoms with Crippen molar-refractivity contribution in [1.29, 1.82) is 0 Å². The molecule has 0 aliphatic carbocycles. The molecule has 7 heteroatoms. The highest BCUT2D eigenvalue weighted by molar-refractivity contribution is 6.61. The fourth-order valence-electron chi connectivity index (χ4n) is 2.32. The van der Waals surface area contributed by atoms with Gasteiger partial charge in [-0.25, -0.2) is 0 Å². The molecule has 3 N–H and O–H groups in total. The zero-order valence-corrected chi connectivity index (χ0v) is 11.5. The Morgan fingerprint density at radius 2 is 1.59 bits per heavy atom. The van der Waals surface area contributed by atoms with Crippen molar-refractivity contribution in [1.82, 2.24) is 0 Å². The lowest BCUT2D eigenvalue weighted by Gasteiger charge is -2.09. The van der Waals surface area contributed by atoms with Crippen LogP contribution in [0.1, 0.15) is 15.9 Å². The Kier molecular flexibility index (Phi) is 3.74. The van der Waals surface area contributed by atoms with E-state index in [9.17, 15) is 20.1 Å². The van der Waals surface area contributed by atoms with Crippen LogP contribution in [-0.4, -0.2) is 41.4 Å². The standard InChI is InChI=1S/C15H13BO6/c17-11-5-9(6-12(18)8-11)15(20)13-2-1-10(7-14(13)19)16-21-3-4-22-16/h1-2,5-8,17-19H,3-4H2. The van der Waals surface area contributed by atoms with Gasteiger partial charge in [-0.2, -0.15) is 0 Å². The molecule has 0 unspecified atom stereocenters. The van der Waals surface area contributed by atoms with E-state index in [0.717, 1.165) is 6.07 Å². The summed E-state index contributed by atoms with van der Waals surface area (Å²) >= 11 is 0. The van der Waals surface area contributed by atoms with Gasteiger partial charge in [-0.05, 0) is 29.7 Å². The third-order valence-corrected chi connectivity index (χ3v) is 3.33. The van der Waals surface area contributed by atoms with Gasteiger partial charge in [-0.3, -0.25) is 4.79 Å². The highest BCUT2D eigenvalue weighted by Crippen LogP contribution is 2.25. The van der Waals surface area contributed by atoms with Crippen molar-refractivity contribution in [3.63, 3.8) is 0 Å². The Balaban J connectivity index is 1.92. The second-order valence-electron chi connectivity index (χ2n) is 4.92. The number of phenolic OH excluding ortho intramolecular Hbond substituents is 3. The molecule has 6 nitrogen and oxygen atoms in total. The van der Waals surface area contributed by atoms with E-state index >= 15 is 0 Å². The molecule has 0 aromatic heterocycles. The fraction of sp³-hybridized carbons (Fsp3) is 0.133. The lowest BCUT2D eigenvalue weighted by Crippen LogP contribution is -2.31. The first-order valence-corrected chi connectivity index (χ1v) is 6.68. The first-order valence-electron chi connectivity index (χ1n) is 6.68. The van der Waals surface area contributed by atoms with Crippen LogP contribution in [0.25, 0.3) is 0 Å². The normalized spacial score (nSPS) is 14.3. The van der Waals surface area contributed by atoms with Crippen LogP contribution in [0.15, 0.2) is 36.4 Å². The maximum Gasteiger partial charge on any atom is 0.494 e. The average Bonchev–Trinajstić information content (AvgIpc) is 2.99. The third-order valence-electron chi connectivity index (χ3n) is 3.33. The van der Waals surface area contributed by atoms with Gasteiger partial charge in [0.25, 0.3) is 0 Å². The lowest BCUT2D eigenvalue weighted by atomic mass is 9.78. The molecule has 1 aliphatic heterocycles. The van der Waals surface area contributed by atoms with Crippen LogP contribution < -0.4 is 5.46 Å². The molecule has 0 spiro atoms. The van der Waals surface area contributed by atoms with E-state index in [1.807, 2.05) is 0 Å². The van der Waals surface area contributed by atoms with Gasteiger partial charge >= 0.3 is 7.12 Å². The topological polar surface area (TPSA) is 96.2 Å². The largest absolute Gasteiger partial charge is 0.508 e. The van der Waals surface area contributed by atoms with Crippen molar-refractivity contribution >= 4 is 18.4 Å². The number of rotatable bonds is 3. The summed E-state index contributed by atoms with van der Waals surface area (Å²) in [6.07, 6.45) is 0. The van der Waals surface area contributed by atoms with Crippen LogP contribution in [-0.2, 0) is 9.31 Å². The Morgan fingerprint density at radius 3 is 2.18 bits per heavy atom. The first-order chi connectivity index (χ1) is 10.5. The van der Waals surface area contributed by atoms with Gasteiger partial charge in [0.2, 0.25) is 0 Å². The second-order valence-corrected chi connectivity index (χ2v) is 4.92. The van der Waals surface area contributed by atoms with E-state index in [1.165, 1.54) is 24.3 Å². The minimum atomic E-state index is -0.542. The predicted molar refractivity (Wildman–Crippen MR) is 78.6 cm³/mol. The molecule has 1 fully saturated rings. The summed E-state index contributed by atoms with van der Waals surface area (Å²) in [5.74, 6) is -1.19. The highest BCUT2D eigenvalue weighted by atomic mass is 16.6. The Bertz CT molecular complexity index is 704. The molecule has 1 heterocycles. The zero-order chi connectivity index (χ0) is 15.7. The molecule has 1 saturated heterocycles. The predicted octanol–water partition coefficient (Wildman–Crippen LogP) is 0.776. The first kappa shape index (κ1) is 14.4. The number of hydrogen-bond acceptors (Lipinski definition) is 6.